The van der Waals surface area contributed by atoms with Crippen LogP contribution in [0.5, 0.6) is 11.5 Å². The molecule has 0 saturated heterocycles. The van der Waals surface area contributed by atoms with E-state index in [1.807, 2.05) is 0 Å². The Bertz CT molecular complexity index is 550. The summed E-state index contributed by atoms with van der Waals surface area (Å²) in [5, 5.41) is 0.651. The van der Waals surface area contributed by atoms with Crippen LogP contribution in [-0.4, -0.2) is 19.3 Å². The van der Waals surface area contributed by atoms with Gasteiger partial charge in [0, 0.05) is 23.4 Å². The van der Waals surface area contributed by atoms with Crippen molar-refractivity contribution >= 4 is 11.6 Å². The highest BCUT2D eigenvalue weighted by Gasteiger charge is 2.50. The standard InChI is InChI=1S/C17H24ClNO2/c1-10(2)14-12(17(5-6-17)11(3)19)9-13(18)15-16(14)21-8-4-7-20-15/h9-11H,4-8,19H2,1-3H3. The molecule has 1 unspecified atom stereocenters. The van der Waals surface area contributed by atoms with E-state index in [0.29, 0.717) is 29.9 Å². The Morgan fingerprint density at radius 3 is 2.29 bits per heavy atom. The van der Waals surface area contributed by atoms with Gasteiger partial charge in [0.1, 0.15) is 0 Å². The van der Waals surface area contributed by atoms with Crippen LogP contribution in [0.25, 0.3) is 0 Å². The average Bonchev–Trinajstić information content (AvgIpc) is 3.22. The van der Waals surface area contributed by atoms with E-state index >= 15 is 0 Å². The van der Waals surface area contributed by atoms with E-state index < -0.39 is 0 Å². The maximum absolute atomic E-state index is 6.49. The first-order valence-electron chi connectivity index (χ1n) is 7.85. The molecule has 1 aliphatic carbocycles. The molecule has 1 atom stereocenters. The molecule has 2 aliphatic rings. The summed E-state index contributed by atoms with van der Waals surface area (Å²) in [6, 6.07) is 2.19. The van der Waals surface area contributed by atoms with Gasteiger partial charge in [-0.15, -0.1) is 0 Å². The number of nitrogens with two attached hydrogens (primary N) is 1. The van der Waals surface area contributed by atoms with Gasteiger partial charge in [-0.3, -0.25) is 0 Å². The minimum absolute atomic E-state index is 0.0634. The molecule has 2 N–H and O–H groups in total. The van der Waals surface area contributed by atoms with Gasteiger partial charge in [0.15, 0.2) is 11.5 Å². The summed E-state index contributed by atoms with van der Waals surface area (Å²) in [6.07, 6.45) is 3.14. The number of fused-ring (bicyclic) bond motifs is 1. The first kappa shape index (κ1) is 15.0. The van der Waals surface area contributed by atoms with Crippen LogP contribution in [0, 0.1) is 0 Å². The molecule has 1 aromatic carbocycles. The lowest BCUT2D eigenvalue weighted by molar-refractivity contribution is 0.295. The molecule has 0 spiro atoms. The third-order valence-corrected chi connectivity index (χ3v) is 5.07. The fraction of sp³-hybridized carbons (Fsp3) is 0.647. The Labute approximate surface area is 131 Å². The van der Waals surface area contributed by atoms with Crippen LogP contribution < -0.4 is 15.2 Å². The summed E-state index contributed by atoms with van der Waals surface area (Å²) in [4.78, 5) is 0. The number of halogens is 1. The van der Waals surface area contributed by atoms with Gasteiger partial charge in [-0.1, -0.05) is 25.4 Å². The second kappa shape index (κ2) is 5.36. The van der Waals surface area contributed by atoms with Crippen molar-refractivity contribution in [2.45, 2.75) is 57.4 Å². The van der Waals surface area contributed by atoms with Crippen LogP contribution >= 0.6 is 11.6 Å². The zero-order chi connectivity index (χ0) is 15.2. The molecule has 0 aromatic heterocycles. The molecular formula is C17H24ClNO2. The largest absolute Gasteiger partial charge is 0.489 e. The monoisotopic (exact) mass is 309 g/mol. The quantitative estimate of drug-likeness (QED) is 0.917. The van der Waals surface area contributed by atoms with Crippen molar-refractivity contribution in [1.82, 2.24) is 0 Å². The summed E-state index contributed by atoms with van der Waals surface area (Å²) in [7, 11) is 0. The predicted molar refractivity (Wildman–Crippen MR) is 85.7 cm³/mol. The molecule has 0 radical (unpaired) electrons. The van der Waals surface area contributed by atoms with Gasteiger partial charge in [0.05, 0.1) is 18.2 Å². The Morgan fingerprint density at radius 1 is 1.14 bits per heavy atom. The van der Waals surface area contributed by atoms with Gasteiger partial charge >= 0.3 is 0 Å². The first-order valence-corrected chi connectivity index (χ1v) is 8.23. The van der Waals surface area contributed by atoms with Gasteiger partial charge in [-0.25, -0.2) is 0 Å². The Kier molecular flexibility index (Phi) is 3.83. The highest BCUT2D eigenvalue weighted by Crippen LogP contribution is 2.56. The normalized spacial score (nSPS) is 21.0. The molecule has 3 nitrogen and oxygen atoms in total. The molecule has 1 aromatic rings. The van der Waals surface area contributed by atoms with E-state index in [2.05, 4.69) is 26.8 Å². The number of benzene rings is 1. The lowest BCUT2D eigenvalue weighted by atomic mass is 9.82. The van der Waals surface area contributed by atoms with Gasteiger partial charge in [-0.05, 0) is 37.3 Å². The van der Waals surface area contributed by atoms with Gasteiger partial charge in [0.2, 0.25) is 0 Å². The van der Waals surface area contributed by atoms with Crippen molar-refractivity contribution in [3.05, 3.63) is 22.2 Å². The smallest absolute Gasteiger partial charge is 0.180 e. The highest BCUT2D eigenvalue weighted by atomic mass is 35.5. The van der Waals surface area contributed by atoms with Crippen molar-refractivity contribution in [1.29, 1.82) is 0 Å². The van der Waals surface area contributed by atoms with Crippen molar-refractivity contribution < 1.29 is 9.47 Å². The molecule has 1 fully saturated rings. The van der Waals surface area contributed by atoms with Crippen LogP contribution in [0.1, 0.15) is 57.1 Å². The van der Waals surface area contributed by atoms with Crippen LogP contribution in [0.2, 0.25) is 5.02 Å². The van der Waals surface area contributed by atoms with Crippen LogP contribution in [0.3, 0.4) is 0 Å². The molecule has 1 saturated carbocycles. The highest BCUT2D eigenvalue weighted by molar-refractivity contribution is 6.32. The summed E-state index contributed by atoms with van der Waals surface area (Å²) < 4.78 is 11.8. The Morgan fingerprint density at radius 2 is 1.76 bits per heavy atom. The first-order chi connectivity index (χ1) is 9.97. The SMILES string of the molecule is CC(C)c1c(C2(C(C)N)CC2)cc(Cl)c2c1OCCCO2. The van der Waals surface area contributed by atoms with E-state index in [-0.39, 0.29) is 11.5 Å². The third kappa shape index (κ3) is 2.40. The Balaban J connectivity index is 2.21. The molecule has 21 heavy (non-hydrogen) atoms. The third-order valence-electron chi connectivity index (χ3n) is 4.78. The lowest BCUT2D eigenvalue weighted by Gasteiger charge is -2.28. The molecule has 1 aliphatic heterocycles. The van der Waals surface area contributed by atoms with Crippen molar-refractivity contribution in [3.8, 4) is 11.5 Å². The maximum atomic E-state index is 6.49. The minimum atomic E-state index is 0.0634. The summed E-state index contributed by atoms with van der Waals surface area (Å²) in [5.74, 6) is 1.91. The molecule has 3 rings (SSSR count). The Hall–Kier alpha value is -0.930. The zero-order valence-electron chi connectivity index (χ0n) is 13.0. The number of hydrogen-bond acceptors (Lipinski definition) is 3. The second-order valence-corrected chi connectivity index (χ2v) is 7.04. The lowest BCUT2D eigenvalue weighted by Crippen LogP contribution is -2.32. The van der Waals surface area contributed by atoms with Gasteiger partial charge in [0.25, 0.3) is 0 Å². The fourth-order valence-corrected chi connectivity index (χ4v) is 3.65. The van der Waals surface area contributed by atoms with Crippen LogP contribution in [0.4, 0.5) is 0 Å². The van der Waals surface area contributed by atoms with Crippen molar-refractivity contribution in [2.24, 2.45) is 5.73 Å². The van der Waals surface area contributed by atoms with Crippen molar-refractivity contribution in [2.75, 3.05) is 13.2 Å². The van der Waals surface area contributed by atoms with Crippen molar-refractivity contribution in [3.63, 3.8) is 0 Å². The van der Waals surface area contributed by atoms with E-state index in [1.165, 1.54) is 11.1 Å². The van der Waals surface area contributed by atoms with E-state index in [4.69, 9.17) is 26.8 Å². The molecule has 116 valence electrons. The number of ether oxygens (including phenoxy) is 2. The summed E-state index contributed by atoms with van der Waals surface area (Å²) in [5.41, 5.74) is 8.83. The van der Waals surface area contributed by atoms with Crippen LogP contribution in [-0.2, 0) is 5.41 Å². The number of hydrogen-bond donors (Lipinski definition) is 1. The number of rotatable bonds is 3. The van der Waals surface area contributed by atoms with E-state index in [1.54, 1.807) is 0 Å². The van der Waals surface area contributed by atoms with E-state index in [9.17, 15) is 0 Å². The zero-order valence-corrected chi connectivity index (χ0v) is 13.8. The average molecular weight is 310 g/mol. The molecule has 0 bridgehead atoms. The maximum Gasteiger partial charge on any atom is 0.180 e. The van der Waals surface area contributed by atoms with E-state index in [0.717, 1.165) is 25.0 Å². The second-order valence-electron chi connectivity index (χ2n) is 6.63. The van der Waals surface area contributed by atoms with Crippen LogP contribution in [0.15, 0.2) is 6.07 Å². The van der Waals surface area contributed by atoms with Gasteiger partial charge < -0.3 is 15.2 Å². The molecule has 1 heterocycles. The topological polar surface area (TPSA) is 44.5 Å². The minimum Gasteiger partial charge on any atom is -0.489 e. The molecule has 0 amide bonds. The fourth-order valence-electron chi connectivity index (χ4n) is 3.40. The van der Waals surface area contributed by atoms with Gasteiger partial charge in [-0.2, -0.15) is 0 Å². The summed E-state index contributed by atoms with van der Waals surface area (Å²) >= 11 is 6.49. The molecular weight excluding hydrogens is 286 g/mol. The predicted octanol–water partition coefficient (Wildman–Crippen LogP) is 4.00. The molecule has 4 heteroatoms. The summed E-state index contributed by atoms with van der Waals surface area (Å²) in [6.45, 7) is 7.81.